The molecular weight excluding hydrogens is 380 g/mol. The molecule has 29 heavy (non-hydrogen) atoms. The van der Waals surface area contributed by atoms with Crippen molar-refractivity contribution in [2.75, 3.05) is 4.90 Å². The lowest BCUT2D eigenvalue weighted by Gasteiger charge is -2.27. The summed E-state index contributed by atoms with van der Waals surface area (Å²) in [6.07, 6.45) is 0.118. The number of anilines is 1. The van der Waals surface area contributed by atoms with Crippen molar-refractivity contribution in [3.05, 3.63) is 36.0 Å². The molecule has 0 saturated heterocycles. The zero-order chi connectivity index (χ0) is 21.9. The summed E-state index contributed by atoms with van der Waals surface area (Å²) in [4.78, 5) is 44.4. The van der Waals surface area contributed by atoms with Gasteiger partial charge in [-0.1, -0.05) is 0 Å². The van der Waals surface area contributed by atoms with Gasteiger partial charge >= 0.3 is 12.1 Å². The summed E-state index contributed by atoms with van der Waals surface area (Å²) in [6, 6.07) is 5.01. The summed E-state index contributed by atoms with van der Waals surface area (Å²) in [7, 11) is 0. The Morgan fingerprint density at radius 3 is 2.21 bits per heavy atom. The summed E-state index contributed by atoms with van der Waals surface area (Å²) in [5.74, 6) is -2.60. The molecule has 10 nitrogen and oxygen atoms in total. The Balaban J connectivity index is 2.38. The average Bonchev–Trinajstić information content (AvgIpc) is 2.60. The van der Waals surface area contributed by atoms with Crippen LogP contribution in [0.5, 0.6) is 5.88 Å². The molecule has 2 amide bonds. The minimum Gasteiger partial charge on any atom is -0.493 e. The van der Waals surface area contributed by atoms with Gasteiger partial charge in [-0.05, 0) is 52.0 Å². The minimum absolute atomic E-state index is 0.0707. The Labute approximate surface area is 166 Å². The number of carbonyl (C=O) groups is 3. The Kier molecular flexibility index (Phi) is 6.18. The molecule has 10 heteroatoms. The zero-order valence-electron chi connectivity index (χ0n) is 16.4. The number of benzene rings is 1. The number of carboxylic acids is 1. The van der Waals surface area contributed by atoms with Crippen LogP contribution in [0, 0.1) is 0 Å². The molecule has 1 atom stereocenters. The first kappa shape index (κ1) is 21.8. The summed E-state index contributed by atoms with van der Waals surface area (Å²) < 4.78 is 5.29. The predicted octanol–water partition coefficient (Wildman–Crippen LogP) is 2.16. The Bertz CT molecular complexity index is 935. The van der Waals surface area contributed by atoms with E-state index in [4.69, 9.17) is 15.6 Å². The predicted molar refractivity (Wildman–Crippen MR) is 103 cm³/mol. The quantitative estimate of drug-likeness (QED) is 0.697. The van der Waals surface area contributed by atoms with Crippen LogP contribution in [-0.2, 0) is 9.53 Å². The van der Waals surface area contributed by atoms with Crippen LogP contribution >= 0.6 is 0 Å². The maximum atomic E-state index is 12.5. The Hall–Kier alpha value is -3.53. The normalized spacial score (nSPS) is 12.2. The molecule has 4 N–H and O–H groups in total. The molecule has 1 aromatic heterocycles. The number of aromatic carboxylic acids is 1. The summed E-state index contributed by atoms with van der Waals surface area (Å²) in [5, 5.41) is 18.6. The van der Waals surface area contributed by atoms with Crippen LogP contribution in [0.3, 0.4) is 0 Å². The van der Waals surface area contributed by atoms with Gasteiger partial charge < -0.3 is 20.7 Å². The van der Waals surface area contributed by atoms with E-state index in [1.54, 1.807) is 20.8 Å². The molecule has 0 bridgehead atoms. The van der Waals surface area contributed by atoms with Gasteiger partial charge in [0.2, 0.25) is 5.88 Å². The monoisotopic (exact) mass is 402 g/mol. The third kappa shape index (κ3) is 5.26. The van der Waals surface area contributed by atoms with E-state index in [2.05, 4.69) is 9.97 Å². The third-order valence-electron chi connectivity index (χ3n) is 3.57. The van der Waals surface area contributed by atoms with Crippen molar-refractivity contribution in [3.63, 3.8) is 0 Å². The standard InChI is InChI=1S/C19H22N4O6/c1-10(20)16(25)23(18(28)29-19(2,3)4)12-7-5-11(6-8-12)14-21-9-13(17(26)27)15(24)22-14/h5-10H,20H2,1-4H3,(H,26,27)(H,21,22,24)/t10-/m0/s1. The summed E-state index contributed by atoms with van der Waals surface area (Å²) >= 11 is 0. The van der Waals surface area contributed by atoms with Crippen molar-refractivity contribution < 1.29 is 29.3 Å². The molecule has 0 aliphatic carbocycles. The Morgan fingerprint density at radius 2 is 1.76 bits per heavy atom. The van der Waals surface area contributed by atoms with Gasteiger partial charge in [0.1, 0.15) is 11.2 Å². The highest BCUT2D eigenvalue weighted by atomic mass is 16.6. The number of carboxylic acid groups (broad SMARTS) is 1. The van der Waals surface area contributed by atoms with Crippen molar-refractivity contribution in [3.8, 4) is 17.3 Å². The molecular formula is C19H22N4O6. The maximum Gasteiger partial charge on any atom is 0.421 e. The molecule has 1 aromatic carbocycles. The van der Waals surface area contributed by atoms with Gasteiger partial charge in [0.15, 0.2) is 5.82 Å². The third-order valence-corrected chi connectivity index (χ3v) is 3.57. The van der Waals surface area contributed by atoms with Gasteiger partial charge in [0, 0.05) is 11.8 Å². The van der Waals surface area contributed by atoms with Crippen LogP contribution < -0.4 is 10.6 Å². The van der Waals surface area contributed by atoms with Crippen molar-refractivity contribution in [2.45, 2.75) is 39.3 Å². The van der Waals surface area contributed by atoms with Gasteiger partial charge in [0.25, 0.3) is 5.91 Å². The molecule has 0 aliphatic rings. The molecule has 0 saturated carbocycles. The number of nitrogens with zero attached hydrogens (tertiary/aromatic N) is 3. The number of carbonyl (C=O) groups excluding carboxylic acids is 2. The number of nitrogens with two attached hydrogens (primary N) is 1. The summed E-state index contributed by atoms with van der Waals surface area (Å²) in [5.41, 5.74) is 5.06. The van der Waals surface area contributed by atoms with Gasteiger partial charge in [-0.15, -0.1) is 0 Å². The molecule has 2 aromatic rings. The topological polar surface area (TPSA) is 156 Å². The lowest BCUT2D eigenvalue weighted by molar-refractivity contribution is -0.119. The first-order chi connectivity index (χ1) is 13.4. The van der Waals surface area contributed by atoms with Crippen LogP contribution in [-0.4, -0.2) is 49.8 Å². The highest BCUT2D eigenvalue weighted by molar-refractivity contribution is 6.14. The van der Waals surface area contributed by atoms with Gasteiger partial charge in [0.05, 0.1) is 11.7 Å². The second-order valence-corrected chi connectivity index (χ2v) is 7.23. The first-order valence-corrected chi connectivity index (χ1v) is 8.63. The minimum atomic E-state index is -1.35. The first-order valence-electron chi connectivity index (χ1n) is 8.63. The van der Waals surface area contributed by atoms with Crippen molar-refractivity contribution in [1.29, 1.82) is 0 Å². The van der Waals surface area contributed by atoms with Crippen molar-refractivity contribution in [1.82, 2.24) is 9.97 Å². The second kappa shape index (κ2) is 8.23. The Morgan fingerprint density at radius 1 is 1.17 bits per heavy atom. The fraction of sp³-hybridized carbons (Fsp3) is 0.316. The number of aromatic nitrogens is 2. The van der Waals surface area contributed by atoms with E-state index in [0.29, 0.717) is 5.56 Å². The van der Waals surface area contributed by atoms with Crippen molar-refractivity contribution >= 4 is 23.7 Å². The lowest BCUT2D eigenvalue weighted by atomic mass is 10.1. The molecule has 154 valence electrons. The summed E-state index contributed by atoms with van der Waals surface area (Å²) in [6.45, 7) is 6.47. The second-order valence-electron chi connectivity index (χ2n) is 7.23. The largest absolute Gasteiger partial charge is 0.493 e. The number of ether oxygens (including phenoxy) is 1. The molecule has 0 unspecified atom stereocenters. The number of aromatic hydroxyl groups is 1. The van der Waals surface area contributed by atoms with Gasteiger partial charge in [-0.2, -0.15) is 4.98 Å². The van der Waals surface area contributed by atoms with Crippen LogP contribution in [0.25, 0.3) is 11.4 Å². The van der Waals surface area contributed by atoms with E-state index in [9.17, 15) is 19.5 Å². The van der Waals surface area contributed by atoms with Crippen molar-refractivity contribution in [2.24, 2.45) is 5.73 Å². The number of rotatable bonds is 4. The van der Waals surface area contributed by atoms with E-state index in [1.165, 1.54) is 31.2 Å². The van der Waals surface area contributed by atoms with Gasteiger partial charge in [-0.25, -0.2) is 19.5 Å². The highest BCUT2D eigenvalue weighted by Crippen LogP contribution is 2.25. The number of hydrogen-bond acceptors (Lipinski definition) is 8. The van der Waals surface area contributed by atoms with E-state index in [-0.39, 0.29) is 11.5 Å². The number of hydrogen-bond donors (Lipinski definition) is 3. The van der Waals surface area contributed by atoms with Crippen LogP contribution in [0.4, 0.5) is 10.5 Å². The molecule has 0 aliphatic heterocycles. The van der Waals surface area contributed by atoms with Crippen LogP contribution in [0.1, 0.15) is 38.1 Å². The van der Waals surface area contributed by atoms with Gasteiger partial charge in [-0.3, -0.25) is 4.79 Å². The smallest absolute Gasteiger partial charge is 0.421 e. The molecule has 0 fully saturated rings. The van der Waals surface area contributed by atoms with E-state index >= 15 is 0 Å². The van der Waals surface area contributed by atoms with Crippen LogP contribution in [0.2, 0.25) is 0 Å². The molecule has 2 rings (SSSR count). The fourth-order valence-electron chi connectivity index (χ4n) is 2.26. The number of imide groups is 1. The zero-order valence-corrected chi connectivity index (χ0v) is 16.4. The van der Waals surface area contributed by atoms with E-state index < -0.39 is 41.1 Å². The fourth-order valence-corrected chi connectivity index (χ4v) is 2.26. The molecule has 0 radical (unpaired) electrons. The van der Waals surface area contributed by atoms with E-state index in [0.717, 1.165) is 11.1 Å². The SMILES string of the molecule is C[C@H](N)C(=O)N(C(=O)OC(C)(C)C)c1ccc(-c2ncc(C(=O)O)c(O)n2)cc1. The number of amides is 2. The van der Waals surface area contributed by atoms with E-state index in [1.807, 2.05) is 0 Å². The average molecular weight is 402 g/mol. The molecule has 0 spiro atoms. The highest BCUT2D eigenvalue weighted by Gasteiger charge is 2.30. The maximum absolute atomic E-state index is 12.5. The van der Waals surface area contributed by atoms with Crippen LogP contribution in [0.15, 0.2) is 30.5 Å². The lowest BCUT2D eigenvalue weighted by Crippen LogP contribution is -2.47. The molecule has 1 heterocycles.